The highest BCUT2D eigenvalue weighted by molar-refractivity contribution is 7.99. The monoisotopic (exact) mass is 114 g/mol. The first-order valence-electron chi connectivity index (χ1n) is 2.10. The molecule has 1 unspecified atom stereocenters. The van der Waals surface area contributed by atoms with E-state index in [9.17, 15) is 0 Å². The second-order valence-corrected chi connectivity index (χ2v) is 2.49. The van der Waals surface area contributed by atoms with Crippen LogP contribution >= 0.6 is 11.9 Å². The SMILES string of the molecule is CC1C=NC=NS1. The van der Waals surface area contributed by atoms with Crippen molar-refractivity contribution in [2.75, 3.05) is 0 Å². The van der Waals surface area contributed by atoms with Gasteiger partial charge in [0.15, 0.2) is 0 Å². The minimum atomic E-state index is 0.463. The van der Waals surface area contributed by atoms with E-state index < -0.39 is 0 Å². The van der Waals surface area contributed by atoms with Crippen LogP contribution in [0.4, 0.5) is 0 Å². The molecule has 0 saturated heterocycles. The largest absolute Gasteiger partial charge is 0.247 e. The second kappa shape index (κ2) is 2.12. The first-order valence-corrected chi connectivity index (χ1v) is 2.94. The Hall–Kier alpha value is -0.310. The van der Waals surface area contributed by atoms with E-state index in [0.717, 1.165) is 0 Å². The standard InChI is InChI=1S/C4H6N2S/c1-4-2-5-3-6-7-4/h2-4H,1H3. The van der Waals surface area contributed by atoms with Crippen molar-refractivity contribution in [3.05, 3.63) is 0 Å². The molecule has 2 nitrogen and oxygen atoms in total. The number of aliphatic imine (C=N–C) groups is 1. The van der Waals surface area contributed by atoms with Crippen LogP contribution in [0.1, 0.15) is 6.92 Å². The summed E-state index contributed by atoms with van der Waals surface area (Å²) < 4.78 is 3.85. The van der Waals surface area contributed by atoms with Gasteiger partial charge in [-0.2, -0.15) is 0 Å². The quantitative estimate of drug-likeness (QED) is 0.433. The molecule has 3 heteroatoms. The molecule has 0 saturated carbocycles. The third-order valence-corrected chi connectivity index (χ3v) is 1.31. The van der Waals surface area contributed by atoms with Crippen molar-refractivity contribution >= 4 is 24.5 Å². The maximum Gasteiger partial charge on any atom is 0.123 e. The third-order valence-electron chi connectivity index (χ3n) is 0.637. The van der Waals surface area contributed by atoms with Crippen molar-refractivity contribution in [2.24, 2.45) is 9.39 Å². The molecule has 0 radical (unpaired) electrons. The first-order chi connectivity index (χ1) is 3.39. The Morgan fingerprint density at radius 1 is 1.71 bits per heavy atom. The van der Waals surface area contributed by atoms with Crippen LogP contribution in [0.3, 0.4) is 0 Å². The van der Waals surface area contributed by atoms with Crippen LogP contribution < -0.4 is 0 Å². The lowest BCUT2D eigenvalue weighted by Crippen LogP contribution is -1.98. The molecule has 0 aromatic carbocycles. The second-order valence-electron chi connectivity index (χ2n) is 1.33. The van der Waals surface area contributed by atoms with Crippen molar-refractivity contribution in [3.63, 3.8) is 0 Å². The van der Waals surface area contributed by atoms with Crippen LogP contribution in [-0.2, 0) is 0 Å². The van der Waals surface area contributed by atoms with Gasteiger partial charge in [-0.3, -0.25) is 0 Å². The Kier molecular flexibility index (Phi) is 1.46. The molecule has 1 aliphatic rings. The van der Waals surface area contributed by atoms with E-state index in [1.807, 2.05) is 6.21 Å². The fourth-order valence-electron chi connectivity index (χ4n) is 0.337. The zero-order valence-electron chi connectivity index (χ0n) is 4.03. The van der Waals surface area contributed by atoms with E-state index in [0.29, 0.717) is 5.25 Å². The van der Waals surface area contributed by atoms with Gasteiger partial charge in [0.05, 0.1) is 5.25 Å². The van der Waals surface area contributed by atoms with Gasteiger partial charge in [0.2, 0.25) is 0 Å². The summed E-state index contributed by atoms with van der Waals surface area (Å²) in [6.45, 7) is 2.06. The van der Waals surface area contributed by atoms with Crippen LogP contribution in [-0.4, -0.2) is 17.8 Å². The molecule has 1 rings (SSSR count). The Balaban J connectivity index is 2.49. The van der Waals surface area contributed by atoms with Crippen LogP contribution in [0.2, 0.25) is 0 Å². The summed E-state index contributed by atoms with van der Waals surface area (Å²) in [6.07, 6.45) is 3.43. The molecular formula is C4H6N2S. The molecule has 0 bridgehead atoms. The van der Waals surface area contributed by atoms with Gasteiger partial charge in [-0.1, -0.05) is 0 Å². The number of hydrogen-bond acceptors (Lipinski definition) is 3. The van der Waals surface area contributed by atoms with E-state index in [4.69, 9.17) is 0 Å². The summed E-state index contributed by atoms with van der Waals surface area (Å²) in [5.41, 5.74) is 0. The normalized spacial score (nSPS) is 28.4. The Morgan fingerprint density at radius 3 is 2.86 bits per heavy atom. The summed E-state index contributed by atoms with van der Waals surface area (Å²) in [4.78, 5) is 3.82. The number of nitrogens with zero attached hydrogens (tertiary/aromatic N) is 2. The molecule has 0 aromatic rings. The molecule has 7 heavy (non-hydrogen) atoms. The summed E-state index contributed by atoms with van der Waals surface area (Å²) in [5, 5.41) is 0.463. The van der Waals surface area contributed by atoms with Gasteiger partial charge in [0, 0.05) is 6.21 Å². The zero-order chi connectivity index (χ0) is 5.11. The highest BCUT2D eigenvalue weighted by Gasteiger charge is 1.96. The van der Waals surface area contributed by atoms with Crippen LogP contribution in [0.25, 0.3) is 0 Å². The topological polar surface area (TPSA) is 24.7 Å². The van der Waals surface area contributed by atoms with Crippen LogP contribution in [0.15, 0.2) is 9.39 Å². The lowest BCUT2D eigenvalue weighted by atomic mass is 10.5. The van der Waals surface area contributed by atoms with Crippen LogP contribution in [0.5, 0.6) is 0 Å². The zero-order valence-corrected chi connectivity index (χ0v) is 4.85. The molecule has 0 aliphatic carbocycles. The van der Waals surface area contributed by atoms with E-state index >= 15 is 0 Å². The highest BCUT2D eigenvalue weighted by Crippen LogP contribution is 2.10. The lowest BCUT2D eigenvalue weighted by Gasteiger charge is -1.99. The van der Waals surface area contributed by atoms with Gasteiger partial charge in [0.25, 0.3) is 0 Å². The number of rotatable bonds is 0. The Labute approximate surface area is 46.9 Å². The Bertz CT molecular complexity index is 108. The van der Waals surface area contributed by atoms with Gasteiger partial charge in [-0.05, 0) is 18.9 Å². The summed E-state index contributed by atoms with van der Waals surface area (Å²) in [7, 11) is 0. The van der Waals surface area contributed by atoms with E-state index in [-0.39, 0.29) is 0 Å². The van der Waals surface area contributed by atoms with E-state index in [1.165, 1.54) is 11.9 Å². The smallest absolute Gasteiger partial charge is 0.123 e. The van der Waals surface area contributed by atoms with Crippen molar-refractivity contribution in [3.8, 4) is 0 Å². The van der Waals surface area contributed by atoms with Crippen molar-refractivity contribution < 1.29 is 0 Å². The van der Waals surface area contributed by atoms with E-state index in [1.54, 1.807) is 6.34 Å². The van der Waals surface area contributed by atoms with Crippen molar-refractivity contribution in [1.29, 1.82) is 0 Å². The van der Waals surface area contributed by atoms with Gasteiger partial charge in [0.1, 0.15) is 6.34 Å². The average Bonchev–Trinajstić information content (AvgIpc) is 1.69. The molecule has 0 amide bonds. The molecule has 0 aromatic heterocycles. The highest BCUT2D eigenvalue weighted by atomic mass is 32.2. The summed E-state index contributed by atoms with van der Waals surface area (Å²) >= 11 is 1.54. The van der Waals surface area contributed by atoms with Crippen LogP contribution in [0, 0.1) is 0 Å². The molecule has 1 aliphatic heterocycles. The van der Waals surface area contributed by atoms with Gasteiger partial charge >= 0.3 is 0 Å². The first kappa shape index (κ1) is 4.84. The minimum Gasteiger partial charge on any atom is -0.247 e. The third kappa shape index (κ3) is 1.31. The number of hydrogen-bond donors (Lipinski definition) is 0. The summed E-state index contributed by atoms with van der Waals surface area (Å²) in [6, 6.07) is 0. The molecule has 1 atom stereocenters. The van der Waals surface area contributed by atoms with Crippen molar-refractivity contribution in [1.82, 2.24) is 0 Å². The molecular weight excluding hydrogens is 108 g/mol. The van der Waals surface area contributed by atoms with Gasteiger partial charge < -0.3 is 0 Å². The minimum absolute atomic E-state index is 0.463. The lowest BCUT2D eigenvalue weighted by molar-refractivity contribution is 1.33. The fourth-order valence-corrected chi connectivity index (χ4v) is 0.763. The molecule has 38 valence electrons. The fraction of sp³-hybridized carbons (Fsp3) is 0.500. The summed E-state index contributed by atoms with van der Waals surface area (Å²) in [5.74, 6) is 0. The maximum atomic E-state index is 3.85. The van der Waals surface area contributed by atoms with Crippen molar-refractivity contribution in [2.45, 2.75) is 12.2 Å². The van der Waals surface area contributed by atoms with Gasteiger partial charge in [-0.15, -0.1) is 0 Å². The molecule has 0 spiro atoms. The molecule has 0 N–H and O–H groups in total. The average molecular weight is 114 g/mol. The van der Waals surface area contributed by atoms with E-state index in [2.05, 4.69) is 16.3 Å². The predicted molar refractivity (Wildman–Crippen MR) is 34.0 cm³/mol. The maximum absolute atomic E-state index is 3.85. The van der Waals surface area contributed by atoms with Gasteiger partial charge in [-0.25, -0.2) is 9.39 Å². The molecule has 1 heterocycles. The molecule has 0 fully saturated rings. The Morgan fingerprint density at radius 2 is 2.57 bits per heavy atom. The predicted octanol–water partition coefficient (Wildman–Crippen LogP) is 1.14.